The van der Waals surface area contributed by atoms with E-state index in [0.717, 1.165) is 54.6 Å². The van der Waals surface area contributed by atoms with Gasteiger partial charge in [-0.15, -0.1) is 0 Å². The minimum Gasteiger partial charge on any atom is -0.508 e. The minimum atomic E-state index is -0.651. The average molecular weight is 540 g/mol. The van der Waals surface area contributed by atoms with Crippen molar-refractivity contribution in [2.45, 2.75) is 6.42 Å². The van der Waals surface area contributed by atoms with E-state index in [9.17, 15) is 18.7 Å². The molecule has 2 heterocycles. The van der Waals surface area contributed by atoms with Crippen LogP contribution in [0.2, 0.25) is 0 Å². The smallest absolute Gasteiger partial charge is 0.256 e. The molecule has 0 aliphatic carbocycles. The summed E-state index contributed by atoms with van der Waals surface area (Å²) in [6.07, 6.45) is 0.243. The summed E-state index contributed by atoms with van der Waals surface area (Å²) < 4.78 is 27.9. The van der Waals surface area contributed by atoms with E-state index in [2.05, 4.69) is 25.7 Å². The zero-order chi connectivity index (χ0) is 27.6. The Hall–Kier alpha value is -4.76. The summed E-state index contributed by atoms with van der Waals surface area (Å²) in [7, 11) is 0. The quantitative estimate of drug-likeness (QED) is 0.230. The van der Waals surface area contributed by atoms with E-state index >= 15 is 0 Å². The number of nitrogens with zero attached hydrogens (tertiary/aromatic N) is 2. The molecule has 0 spiro atoms. The molecule has 1 aliphatic rings. The molecule has 202 valence electrons. The molecular weight excluding hydrogens is 512 g/mol. The average Bonchev–Trinajstić information content (AvgIpc) is 3.34. The zero-order valence-electron chi connectivity index (χ0n) is 21.5. The third kappa shape index (κ3) is 5.37. The highest BCUT2D eigenvalue weighted by atomic mass is 19.1. The van der Waals surface area contributed by atoms with E-state index < -0.39 is 11.6 Å². The van der Waals surface area contributed by atoms with E-state index in [4.69, 9.17) is 0 Å². The third-order valence-corrected chi connectivity index (χ3v) is 7.13. The summed E-state index contributed by atoms with van der Waals surface area (Å²) in [5.41, 5.74) is 5.13. The summed E-state index contributed by atoms with van der Waals surface area (Å²) in [5, 5.41) is 24.0. The van der Waals surface area contributed by atoms with E-state index in [-0.39, 0.29) is 18.1 Å². The van der Waals surface area contributed by atoms with Crippen molar-refractivity contribution in [3.05, 3.63) is 107 Å². The number of amides is 1. The van der Waals surface area contributed by atoms with Crippen molar-refractivity contribution in [1.82, 2.24) is 15.5 Å². The van der Waals surface area contributed by atoms with Gasteiger partial charge in [-0.05, 0) is 89.3 Å². The summed E-state index contributed by atoms with van der Waals surface area (Å²) in [6.45, 7) is 3.70. The first-order valence-electron chi connectivity index (χ1n) is 13.1. The predicted molar refractivity (Wildman–Crippen MR) is 152 cm³/mol. The highest BCUT2D eigenvalue weighted by molar-refractivity contribution is 6.08. The van der Waals surface area contributed by atoms with Crippen LogP contribution in [-0.4, -0.2) is 47.4 Å². The van der Waals surface area contributed by atoms with Crippen molar-refractivity contribution in [2.75, 3.05) is 36.4 Å². The van der Waals surface area contributed by atoms with Gasteiger partial charge in [0.25, 0.3) is 5.91 Å². The first kappa shape index (κ1) is 25.5. The number of H-pyrrole nitrogens is 1. The number of fused-ring (bicyclic) bond motifs is 1. The predicted octanol–water partition coefficient (Wildman–Crippen LogP) is 5.47. The first-order valence-corrected chi connectivity index (χ1v) is 13.1. The van der Waals surface area contributed by atoms with Crippen molar-refractivity contribution in [1.29, 1.82) is 0 Å². The molecule has 1 saturated heterocycles. The van der Waals surface area contributed by atoms with Gasteiger partial charge in [0.1, 0.15) is 17.4 Å². The summed E-state index contributed by atoms with van der Waals surface area (Å²) in [4.78, 5) is 15.4. The number of aromatic amines is 1. The maximum atomic E-state index is 14.0. The van der Waals surface area contributed by atoms with Gasteiger partial charge < -0.3 is 20.6 Å². The number of hydrogen-bond acceptors (Lipinski definition) is 5. The van der Waals surface area contributed by atoms with Crippen molar-refractivity contribution >= 4 is 28.3 Å². The van der Waals surface area contributed by atoms with E-state index in [1.165, 1.54) is 12.1 Å². The lowest BCUT2D eigenvalue weighted by atomic mass is 9.93. The van der Waals surface area contributed by atoms with Gasteiger partial charge in [-0.1, -0.05) is 12.1 Å². The Morgan fingerprint density at radius 1 is 0.925 bits per heavy atom. The first-order chi connectivity index (χ1) is 19.4. The lowest BCUT2D eigenvalue weighted by Gasteiger charge is -2.29. The second kappa shape index (κ2) is 10.8. The molecule has 4 aromatic carbocycles. The van der Waals surface area contributed by atoms with E-state index in [1.807, 2.05) is 24.3 Å². The van der Waals surface area contributed by atoms with Crippen molar-refractivity contribution in [3.63, 3.8) is 0 Å². The number of phenols is 1. The second-order valence-electron chi connectivity index (χ2n) is 9.87. The van der Waals surface area contributed by atoms with Crippen LogP contribution in [0.5, 0.6) is 5.75 Å². The Bertz CT molecular complexity index is 1660. The van der Waals surface area contributed by atoms with Crippen LogP contribution in [0.1, 0.15) is 21.5 Å². The number of anilines is 2. The fraction of sp³-hybridized carbons (Fsp3) is 0.161. The van der Waals surface area contributed by atoms with Crippen LogP contribution in [0, 0.1) is 11.6 Å². The fourth-order valence-electron chi connectivity index (χ4n) is 5.12. The maximum absolute atomic E-state index is 14.0. The Morgan fingerprint density at radius 3 is 2.33 bits per heavy atom. The molecule has 5 aromatic rings. The molecule has 1 fully saturated rings. The molecule has 4 N–H and O–H groups in total. The molecule has 0 atom stereocenters. The van der Waals surface area contributed by atoms with Crippen molar-refractivity contribution in [2.24, 2.45) is 0 Å². The van der Waals surface area contributed by atoms with Crippen molar-refractivity contribution < 1.29 is 18.7 Å². The molecule has 1 aromatic heterocycles. The number of aromatic hydroxyl groups is 1. The molecule has 0 unspecified atom stereocenters. The van der Waals surface area contributed by atoms with Crippen LogP contribution >= 0.6 is 0 Å². The number of aromatic nitrogens is 2. The molecule has 1 aliphatic heterocycles. The van der Waals surface area contributed by atoms with Crippen LogP contribution in [0.3, 0.4) is 0 Å². The zero-order valence-corrected chi connectivity index (χ0v) is 21.5. The highest BCUT2D eigenvalue weighted by Gasteiger charge is 2.17. The van der Waals surface area contributed by atoms with Gasteiger partial charge in [0, 0.05) is 48.9 Å². The number of carbonyl (C=O) groups is 1. The second-order valence-corrected chi connectivity index (χ2v) is 9.87. The molecule has 40 heavy (non-hydrogen) atoms. The van der Waals surface area contributed by atoms with E-state index in [0.29, 0.717) is 27.8 Å². The fourth-order valence-corrected chi connectivity index (χ4v) is 5.12. The number of phenolic OH excluding ortho intramolecular Hbond substituents is 1. The Balaban J connectivity index is 1.32. The number of hydrogen-bond donors (Lipinski definition) is 4. The number of piperazine rings is 1. The molecule has 9 heteroatoms. The molecule has 7 nitrogen and oxygen atoms in total. The topological polar surface area (TPSA) is 93.3 Å². The maximum Gasteiger partial charge on any atom is 0.256 e. The van der Waals surface area contributed by atoms with Gasteiger partial charge in [0.2, 0.25) is 0 Å². The highest BCUT2D eigenvalue weighted by Crippen LogP contribution is 2.33. The summed E-state index contributed by atoms with van der Waals surface area (Å²) in [6, 6.07) is 21.4. The normalized spacial score (nSPS) is 13.5. The Morgan fingerprint density at radius 2 is 1.62 bits per heavy atom. The molecule has 0 saturated carbocycles. The molecule has 0 radical (unpaired) electrons. The minimum absolute atomic E-state index is 0.131. The van der Waals surface area contributed by atoms with Gasteiger partial charge >= 0.3 is 0 Å². The van der Waals surface area contributed by atoms with Gasteiger partial charge in [0.05, 0.1) is 5.52 Å². The number of benzene rings is 4. The Labute approximate surface area is 229 Å². The molecule has 0 bridgehead atoms. The standard InChI is InChI=1S/C31H27F2N5O2/c32-23-14-19(15-24(33)17-23)13-22-16-28-29(18-27(22)20-3-7-26(39)8-4-20)36-37-30(28)35-31(40)21-1-5-25(6-2-21)38-11-9-34-10-12-38/h1-8,14-18,34,39H,9-13H2,(H2,35,36,37,40). The van der Waals surface area contributed by atoms with Crippen LogP contribution < -0.4 is 15.5 Å². The molecule has 6 rings (SSSR count). The van der Waals surface area contributed by atoms with Crippen LogP contribution in [-0.2, 0) is 6.42 Å². The SMILES string of the molecule is O=C(Nc1n[nH]c2cc(-c3ccc(O)cc3)c(Cc3cc(F)cc(F)c3)cc12)c1ccc(N2CCNCC2)cc1. The largest absolute Gasteiger partial charge is 0.508 e. The lowest BCUT2D eigenvalue weighted by molar-refractivity contribution is 0.102. The van der Waals surface area contributed by atoms with Gasteiger partial charge in [-0.3, -0.25) is 9.89 Å². The molecule has 1 amide bonds. The Kier molecular flexibility index (Phi) is 6.88. The van der Waals surface area contributed by atoms with Crippen LogP contribution in [0.4, 0.5) is 20.3 Å². The van der Waals surface area contributed by atoms with Crippen LogP contribution in [0.15, 0.2) is 78.9 Å². The number of halogens is 2. The van der Waals surface area contributed by atoms with Crippen LogP contribution in [0.25, 0.3) is 22.0 Å². The monoisotopic (exact) mass is 539 g/mol. The third-order valence-electron chi connectivity index (χ3n) is 7.13. The lowest BCUT2D eigenvalue weighted by Crippen LogP contribution is -2.43. The number of rotatable bonds is 6. The molecular formula is C31H27F2N5O2. The van der Waals surface area contributed by atoms with Crippen molar-refractivity contribution in [3.8, 4) is 16.9 Å². The summed E-state index contributed by atoms with van der Waals surface area (Å²) in [5.74, 6) is -1.11. The van der Waals surface area contributed by atoms with E-state index in [1.54, 1.807) is 36.4 Å². The number of carbonyl (C=O) groups excluding carboxylic acids is 1. The summed E-state index contributed by atoms with van der Waals surface area (Å²) >= 11 is 0. The van der Waals surface area contributed by atoms with Gasteiger partial charge in [0.15, 0.2) is 5.82 Å². The number of nitrogens with one attached hydrogen (secondary N) is 3. The van der Waals surface area contributed by atoms with Gasteiger partial charge in [-0.25, -0.2) is 8.78 Å². The van der Waals surface area contributed by atoms with Gasteiger partial charge in [-0.2, -0.15) is 5.10 Å².